The highest BCUT2D eigenvalue weighted by molar-refractivity contribution is 6.30. The average Bonchev–Trinajstić information content (AvgIpc) is 2.47. The maximum atomic E-state index is 12.8. The van der Waals surface area contributed by atoms with Crippen LogP contribution < -0.4 is 4.90 Å². The van der Waals surface area contributed by atoms with E-state index in [9.17, 15) is 4.79 Å². The van der Waals surface area contributed by atoms with E-state index in [2.05, 4.69) is 13.0 Å². The van der Waals surface area contributed by atoms with E-state index in [-0.39, 0.29) is 11.9 Å². The van der Waals surface area contributed by atoms with Gasteiger partial charge in [0.1, 0.15) is 0 Å². The summed E-state index contributed by atoms with van der Waals surface area (Å²) in [4.78, 5) is 14.7. The number of carbonyl (C=O) groups is 1. The van der Waals surface area contributed by atoms with Gasteiger partial charge < -0.3 is 4.90 Å². The van der Waals surface area contributed by atoms with E-state index in [1.807, 2.05) is 23.1 Å². The predicted octanol–water partition coefficient (Wildman–Crippen LogP) is 4.32. The Kier molecular flexibility index (Phi) is 3.49. The molecule has 0 spiro atoms. The van der Waals surface area contributed by atoms with E-state index in [1.54, 1.807) is 24.3 Å². The van der Waals surface area contributed by atoms with Crippen molar-refractivity contribution >= 4 is 23.2 Å². The first-order valence-electron chi connectivity index (χ1n) is 6.84. The highest BCUT2D eigenvalue weighted by Crippen LogP contribution is 2.31. The van der Waals surface area contributed by atoms with Crippen molar-refractivity contribution in [3.05, 3.63) is 64.7 Å². The van der Waals surface area contributed by atoms with Gasteiger partial charge in [-0.15, -0.1) is 0 Å². The van der Waals surface area contributed by atoms with Crippen LogP contribution in [0.3, 0.4) is 0 Å². The van der Waals surface area contributed by atoms with Crippen molar-refractivity contribution in [3.8, 4) is 0 Å². The van der Waals surface area contributed by atoms with Gasteiger partial charge in [0.2, 0.25) is 0 Å². The second-order valence-corrected chi connectivity index (χ2v) is 5.63. The van der Waals surface area contributed by atoms with E-state index >= 15 is 0 Å². The fourth-order valence-corrected chi connectivity index (χ4v) is 2.86. The van der Waals surface area contributed by atoms with Gasteiger partial charge in [-0.3, -0.25) is 4.79 Å². The maximum Gasteiger partial charge on any atom is 0.258 e. The molecule has 2 nitrogen and oxygen atoms in total. The van der Waals surface area contributed by atoms with Crippen molar-refractivity contribution in [2.24, 2.45) is 0 Å². The number of hydrogen-bond acceptors (Lipinski definition) is 1. The van der Waals surface area contributed by atoms with E-state index in [1.165, 1.54) is 5.56 Å². The summed E-state index contributed by atoms with van der Waals surface area (Å²) < 4.78 is 0. The summed E-state index contributed by atoms with van der Waals surface area (Å²) in [5.41, 5.74) is 2.96. The van der Waals surface area contributed by atoms with Crippen LogP contribution in [0.5, 0.6) is 0 Å². The zero-order chi connectivity index (χ0) is 14.1. The number of halogens is 1. The van der Waals surface area contributed by atoms with Gasteiger partial charge in [0.25, 0.3) is 5.91 Å². The molecule has 1 aliphatic rings. The highest BCUT2D eigenvalue weighted by atomic mass is 35.5. The largest absolute Gasteiger partial charge is 0.305 e. The molecule has 1 heterocycles. The highest BCUT2D eigenvalue weighted by Gasteiger charge is 2.28. The van der Waals surface area contributed by atoms with Gasteiger partial charge in [0, 0.05) is 22.3 Å². The summed E-state index contributed by atoms with van der Waals surface area (Å²) in [6.45, 7) is 2.10. The first-order valence-corrected chi connectivity index (χ1v) is 7.21. The lowest BCUT2D eigenvalue weighted by Gasteiger charge is -2.35. The number of para-hydroxylation sites is 1. The van der Waals surface area contributed by atoms with Crippen molar-refractivity contribution in [2.45, 2.75) is 25.8 Å². The summed E-state index contributed by atoms with van der Waals surface area (Å²) in [6.07, 6.45) is 2.03. The first kappa shape index (κ1) is 13.2. The van der Waals surface area contributed by atoms with E-state index < -0.39 is 0 Å². The van der Waals surface area contributed by atoms with Crippen LogP contribution in [0, 0.1) is 0 Å². The summed E-state index contributed by atoms with van der Waals surface area (Å²) in [7, 11) is 0. The Labute approximate surface area is 124 Å². The molecule has 0 fully saturated rings. The predicted molar refractivity (Wildman–Crippen MR) is 82.5 cm³/mol. The normalized spacial score (nSPS) is 17.7. The van der Waals surface area contributed by atoms with E-state index in [0.717, 1.165) is 18.5 Å². The average molecular weight is 286 g/mol. The third kappa shape index (κ3) is 2.32. The molecule has 0 saturated carbocycles. The van der Waals surface area contributed by atoms with Crippen molar-refractivity contribution in [2.75, 3.05) is 4.90 Å². The molecule has 20 heavy (non-hydrogen) atoms. The second-order valence-electron chi connectivity index (χ2n) is 5.20. The molecule has 1 aliphatic heterocycles. The number of carbonyl (C=O) groups excluding carboxylic acids is 1. The van der Waals surface area contributed by atoms with Gasteiger partial charge in [0.15, 0.2) is 0 Å². The molecular formula is C17H16ClNO. The van der Waals surface area contributed by atoms with Crippen LogP contribution in [-0.4, -0.2) is 11.9 Å². The lowest BCUT2D eigenvalue weighted by atomic mass is 9.96. The lowest BCUT2D eigenvalue weighted by Crippen LogP contribution is -2.42. The lowest BCUT2D eigenvalue weighted by molar-refractivity contribution is 0.0975. The number of aryl methyl sites for hydroxylation is 1. The summed E-state index contributed by atoms with van der Waals surface area (Å²) in [6, 6.07) is 15.4. The molecule has 0 N–H and O–H groups in total. The molecule has 0 saturated heterocycles. The molecule has 0 aliphatic carbocycles. The van der Waals surface area contributed by atoms with Gasteiger partial charge in [-0.05, 0) is 55.7 Å². The molecule has 102 valence electrons. The molecule has 0 unspecified atom stereocenters. The van der Waals surface area contributed by atoms with Crippen molar-refractivity contribution in [1.82, 2.24) is 0 Å². The summed E-state index contributed by atoms with van der Waals surface area (Å²) in [5, 5.41) is 0.647. The second kappa shape index (κ2) is 5.29. The van der Waals surface area contributed by atoms with Crippen LogP contribution in [0.2, 0.25) is 5.02 Å². The van der Waals surface area contributed by atoms with Crippen LogP contribution in [0.4, 0.5) is 5.69 Å². The zero-order valence-corrected chi connectivity index (χ0v) is 12.1. The smallest absolute Gasteiger partial charge is 0.258 e. The minimum atomic E-state index is 0.0429. The fourth-order valence-electron chi connectivity index (χ4n) is 2.73. The maximum absolute atomic E-state index is 12.8. The molecular weight excluding hydrogens is 270 g/mol. The quantitative estimate of drug-likeness (QED) is 0.764. The first-order chi connectivity index (χ1) is 9.66. The molecule has 1 atom stereocenters. The monoisotopic (exact) mass is 285 g/mol. The van der Waals surface area contributed by atoms with Gasteiger partial charge in [-0.25, -0.2) is 0 Å². The minimum absolute atomic E-state index is 0.0429. The molecule has 2 aromatic carbocycles. The Bertz CT molecular complexity index is 636. The molecule has 0 aromatic heterocycles. The fraction of sp³-hybridized carbons (Fsp3) is 0.235. The summed E-state index contributed by atoms with van der Waals surface area (Å²) >= 11 is 5.89. The minimum Gasteiger partial charge on any atom is -0.305 e. The Morgan fingerprint density at radius 3 is 2.60 bits per heavy atom. The molecule has 1 amide bonds. The van der Waals surface area contributed by atoms with E-state index in [0.29, 0.717) is 10.6 Å². The third-order valence-corrected chi connectivity index (χ3v) is 4.09. The van der Waals surface area contributed by atoms with E-state index in [4.69, 9.17) is 11.6 Å². The summed E-state index contributed by atoms with van der Waals surface area (Å²) in [5.74, 6) is 0.0429. The van der Waals surface area contributed by atoms with Gasteiger partial charge in [-0.1, -0.05) is 29.8 Å². The van der Waals surface area contributed by atoms with Crippen LogP contribution in [0.25, 0.3) is 0 Å². The molecule has 3 rings (SSSR count). The van der Waals surface area contributed by atoms with Crippen LogP contribution in [0.15, 0.2) is 48.5 Å². The number of hydrogen-bond donors (Lipinski definition) is 0. The Morgan fingerprint density at radius 1 is 1.15 bits per heavy atom. The Balaban J connectivity index is 2.00. The number of fused-ring (bicyclic) bond motifs is 1. The number of benzene rings is 2. The molecule has 2 aromatic rings. The third-order valence-electron chi connectivity index (χ3n) is 3.83. The van der Waals surface area contributed by atoms with Gasteiger partial charge >= 0.3 is 0 Å². The topological polar surface area (TPSA) is 20.3 Å². The number of amides is 1. The standard InChI is InChI=1S/C17H16ClNO/c1-12-6-7-13-4-2-3-5-16(13)19(12)17(20)14-8-10-15(18)11-9-14/h2-5,8-12H,6-7H2,1H3/t12-/m0/s1. The SMILES string of the molecule is C[C@H]1CCc2ccccc2N1C(=O)c1ccc(Cl)cc1. The van der Waals surface area contributed by atoms with Crippen LogP contribution in [0.1, 0.15) is 29.3 Å². The van der Waals surface area contributed by atoms with Crippen molar-refractivity contribution < 1.29 is 4.79 Å². The van der Waals surface area contributed by atoms with Crippen LogP contribution in [-0.2, 0) is 6.42 Å². The molecule has 3 heteroatoms. The zero-order valence-electron chi connectivity index (χ0n) is 11.3. The van der Waals surface area contributed by atoms with Gasteiger partial charge in [0.05, 0.1) is 0 Å². The van der Waals surface area contributed by atoms with Crippen LogP contribution >= 0.6 is 11.6 Å². The Morgan fingerprint density at radius 2 is 1.85 bits per heavy atom. The Hall–Kier alpha value is -1.80. The van der Waals surface area contributed by atoms with Gasteiger partial charge in [-0.2, -0.15) is 0 Å². The number of rotatable bonds is 1. The number of anilines is 1. The van der Waals surface area contributed by atoms with Crippen molar-refractivity contribution in [3.63, 3.8) is 0 Å². The molecule has 0 radical (unpaired) electrons. The number of nitrogens with zero attached hydrogens (tertiary/aromatic N) is 1. The molecule has 0 bridgehead atoms. The van der Waals surface area contributed by atoms with Crippen molar-refractivity contribution in [1.29, 1.82) is 0 Å².